The summed E-state index contributed by atoms with van der Waals surface area (Å²) in [5, 5.41) is 2.84. The molecule has 1 N–H and O–H groups in total. The predicted molar refractivity (Wildman–Crippen MR) is 116 cm³/mol. The van der Waals surface area contributed by atoms with E-state index in [-0.39, 0.29) is 18.2 Å². The molecule has 8 nitrogen and oxygen atoms in total. The summed E-state index contributed by atoms with van der Waals surface area (Å²) in [5.74, 6) is 2.75. The first-order chi connectivity index (χ1) is 15.1. The lowest BCUT2D eigenvalue weighted by Crippen LogP contribution is -2.15. The molecule has 0 atom stereocenters. The van der Waals surface area contributed by atoms with E-state index in [2.05, 4.69) is 10.3 Å². The first kappa shape index (κ1) is 21.8. The Balaban J connectivity index is 1.75. The summed E-state index contributed by atoms with van der Waals surface area (Å²) < 4.78 is 27.0. The van der Waals surface area contributed by atoms with Gasteiger partial charge in [0.2, 0.25) is 17.5 Å². The van der Waals surface area contributed by atoms with Gasteiger partial charge in [-0.2, -0.15) is 0 Å². The molecule has 31 heavy (non-hydrogen) atoms. The van der Waals surface area contributed by atoms with Gasteiger partial charge in [-0.25, -0.2) is 4.98 Å². The van der Waals surface area contributed by atoms with Crippen molar-refractivity contribution in [1.29, 1.82) is 0 Å². The summed E-state index contributed by atoms with van der Waals surface area (Å²) in [4.78, 5) is 16.9. The Hall–Kier alpha value is -3.94. The van der Waals surface area contributed by atoms with Crippen LogP contribution in [0.4, 0.5) is 5.69 Å². The molecule has 0 saturated carbocycles. The van der Waals surface area contributed by atoms with Gasteiger partial charge in [-0.05, 0) is 54.1 Å². The number of benzene rings is 2. The molecule has 0 spiro atoms. The molecule has 162 valence electrons. The lowest BCUT2D eigenvalue weighted by molar-refractivity contribution is -0.115. The second-order valence-electron chi connectivity index (χ2n) is 6.39. The van der Waals surface area contributed by atoms with E-state index in [9.17, 15) is 4.79 Å². The van der Waals surface area contributed by atoms with Crippen LogP contribution in [0.3, 0.4) is 0 Å². The summed E-state index contributed by atoms with van der Waals surface area (Å²) in [6.45, 7) is 0. The monoisotopic (exact) mass is 424 g/mol. The molecule has 0 fully saturated rings. The van der Waals surface area contributed by atoms with Crippen LogP contribution >= 0.6 is 0 Å². The fraction of sp³-hybridized carbons (Fsp3) is 0.217. The van der Waals surface area contributed by atoms with Crippen molar-refractivity contribution in [3.63, 3.8) is 0 Å². The highest BCUT2D eigenvalue weighted by molar-refractivity contribution is 5.93. The molecule has 0 aliphatic rings. The summed E-state index contributed by atoms with van der Waals surface area (Å²) in [5.41, 5.74) is 1.16. The summed E-state index contributed by atoms with van der Waals surface area (Å²) in [6, 6.07) is 14.0. The largest absolute Gasteiger partial charge is 0.497 e. The van der Waals surface area contributed by atoms with E-state index in [0.717, 1.165) is 0 Å². The molecule has 1 amide bonds. The minimum atomic E-state index is -0.248. The third-order valence-corrected chi connectivity index (χ3v) is 4.41. The maximum Gasteiger partial charge on any atom is 0.243 e. The zero-order chi connectivity index (χ0) is 22.2. The molecule has 8 heteroatoms. The molecule has 1 aromatic heterocycles. The lowest BCUT2D eigenvalue weighted by Gasteiger charge is -2.14. The van der Waals surface area contributed by atoms with Crippen molar-refractivity contribution >= 4 is 11.6 Å². The zero-order valence-electron chi connectivity index (χ0n) is 17.8. The van der Waals surface area contributed by atoms with Crippen LogP contribution in [-0.2, 0) is 11.2 Å². The number of carbonyl (C=O) groups excluding carboxylic acids is 1. The molecule has 1 heterocycles. The van der Waals surface area contributed by atoms with Crippen LogP contribution in [0.15, 0.2) is 54.7 Å². The minimum absolute atomic E-state index is 0.0909. The molecule has 3 aromatic rings. The van der Waals surface area contributed by atoms with Gasteiger partial charge < -0.3 is 29.0 Å². The molecule has 0 aliphatic heterocycles. The fourth-order valence-corrected chi connectivity index (χ4v) is 2.94. The van der Waals surface area contributed by atoms with E-state index in [1.165, 1.54) is 21.3 Å². The fourth-order valence-electron chi connectivity index (χ4n) is 2.94. The molecular formula is C23H24N2O6. The number of ether oxygens (including phenoxy) is 5. The highest BCUT2D eigenvalue weighted by atomic mass is 16.5. The number of aromatic nitrogens is 1. The Morgan fingerprint density at radius 1 is 0.871 bits per heavy atom. The summed E-state index contributed by atoms with van der Waals surface area (Å²) >= 11 is 0. The Morgan fingerprint density at radius 2 is 1.52 bits per heavy atom. The summed E-state index contributed by atoms with van der Waals surface area (Å²) in [6.07, 6.45) is 1.68. The van der Waals surface area contributed by atoms with E-state index < -0.39 is 0 Å². The van der Waals surface area contributed by atoms with Gasteiger partial charge in [0, 0.05) is 6.20 Å². The number of hydrogen-bond donors (Lipinski definition) is 1. The molecule has 2 aromatic carbocycles. The average Bonchev–Trinajstić information content (AvgIpc) is 2.80. The first-order valence-electron chi connectivity index (χ1n) is 9.43. The highest BCUT2D eigenvalue weighted by Gasteiger charge is 2.16. The smallest absolute Gasteiger partial charge is 0.243 e. The SMILES string of the molecule is COc1ccc(Oc2ncccc2NC(=O)Cc2cc(OC)c(OC)c(OC)c2)cc1. The van der Waals surface area contributed by atoms with Crippen molar-refractivity contribution < 1.29 is 28.5 Å². The van der Waals surface area contributed by atoms with Crippen LogP contribution in [0, 0.1) is 0 Å². The maximum atomic E-state index is 12.7. The highest BCUT2D eigenvalue weighted by Crippen LogP contribution is 2.38. The number of amides is 1. The van der Waals surface area contributed by atoms with Crippen LogP contribution in [0.25, 0.3) is 0 Å². The molecular weight excluding hydrogens is 400 g/mol. The third-order valence-electron chi connectivity index (χ3n) is 4.41. The normalized spacial score (nSPS) is 10.2. The molecule has 3 rings (SSSR count). The lowest BCUT2D eigenvalue weighted by atomic mass is 10.1. The van der Waals surface area contributed by atoms with E-state index in [1.54, 1.807) is 61.8 Å². The topological polar surface area (TPSA) is 88.1 Å². The van der Waals surface area contributed by atoms with Crippen LogP contribution in [-0.4, -0.2) is 39.3 Å². The standard InChI is InChI=1S/C23H24N2O6/c1-27-16-7-9-17(10-8-16)31-23-18(6-5-11-24-23)25-21(26)14-15-12-19(28-2)22(30-4)20(13-15)29-3/h5-13H,14H2,1-4H3,(H,25,26). The Kier molecular flexibility index (Phi) is 7.16. The van der Waals surface area contributed by atoms with E-state index >= 15 is 0 Å². The van der Waals surface area contributed by atoms with Crippen molar-refractivity contribution in [1.82, 2.24) is 4.98 Å². The van der Waals surface area contributed by atoms with Crippen molar-refractivity contribution in [2.24, 2.45) is 0 Å². The maximum absolute atomic E-state index is 12.7. The predicted octanol–water partition coefficient (Wildman–Crippen LogP) is 4.09. The van der Waals surface area contributed by atoms with E-state index in [4.69, 9.17) is 23.7 Å². The average molecular weight is 424 g/mol. The molecule has 0 saturated heterocycles. The Bertz CT molecular complexity index is 1010. The van der Waals surface area contributed by atoms with Crippen molar-refractivity contribution in [2.45, 2.75) is 6.42 Å². The number of anilines is 1. The molecule has 0 radical (unpaired) electrons. The molecule has 0 aliphatic carbocycles. The van der Waals surface area contributed by atoms with Gasteiger partial charge in [-0.15, -0.1) is 0 Å². The van der Waals surface area contributed by atoms with Gasteiger partial charge in [0.1, 0.15) is 17.2 Å². The van der Waals surface area contributed by atoms with Gasteiger partial charge in [0.25, 0.3) is 0 Å². The van der Waals surface area contributed by atoms with Gasteiger partial charge in [-0.1, -0.05) is 0 Å². The second kappa shape index (κ2) is 10.2. The van der Waals surface area contributed by atoms with Crippen molar-refractivity contribution in [2.75, 3.05) is 33.8 Å². The third kappa shape index (κ3) is 5.36. The van der Waals surface area contributed by atoms with E-state index in [0.29, 0.717) is 40.0 Å². The van der Waals surface area contributed by atoms with E-state index in [1.807, 2.05) is 0 Å². The van der Waals surface area contributed by atoms with Crippen LogP contribution < -0.4 is 29.0 Å². The first-order valence-corrected chi connectivity index (χ1v) is 9.43. The second-order valence-corrected chi connectivity index (χ2v) is 6.39. The van der Waals surface area contributed by atoms with Crippen molar-refractivity contribution in [3.8, 4) is 34.6 Å². The number of nitrogens with one attached hydrogen (secondary N) is 1. The van der Waals surface area contributed by atoms with Gasteiger partial charge in [0.15, 0.2) is 11.5 Å². The number of rotatable bonds is 9. The van der Waals surface area contributed by atoms with Gasteiger partial charge >= 0.3 is 0 Å². The quantitative estimate of drug-likeness (QED) is 0.553. The Labute approximate surface area is 180 Å². The van der Waals surface area contributed by atoms with Crippen molar-refractivity contribution in [3.05, 3.63) is 60.3 Å². The molecule has 0 unspecified atom stereocenters. The number of methoxy groups -OCH3 is 4. The van der Waals surface area contributed by atoms with Gasteiger partial charge in [0.05, 0.1) is 34.9 Å². The number of nitrogens with zero attached hydrogens (tertiary/aromatic N) is 1. The summed E-state index contributed by atoms with van der Waals surface area (Å²) in [7, 11) is 6.18. The van der Waals surface area contributed by atoms with Crippen LogP contribution in [0.1, 0.15) is 5.56 Å². The Morgan fingerprint density at radius 3 is 2.10 bits per heavy atom. The van der Waals surface area contributed by atoms with Crippen LogP contribution in [0.5, 0.6) is 34.6 Å². The number of carbonyl (C=O) groups is 1. The zero-order valence-corrected chi connectivity index (χ0v) is 17.8. The molecule has 0 bridgehead atoms. The van der Waals surface area contributed by atoms with Crippen LogP contribution in [0.2, 0.25) is 0 Å². The minimum Gasteiger partial charge on any atom is -0.497 e. The number of hydrogen-bond acceptors (Lipinski definition) is 7. The van der Waals surface area contributed by atoms with Gasteiger partial charge in [-0.3, -0.25) is 4.79 Å². The number of pyridine rings is 1.